The van der Waals surface area contributed by atoms with Gasteiger partial charge in [0.2, 0.25) is 0 Å². The summed E-state index contributed by atoms with van der Waals surface area (Å²) < 4.78 is 0. The maximum atomic E-state index is 11.6. The van der Waals surface area contributed by atoms with Gasteiger partial charge in [-0.2, -0.15) is 0 Å². The van der Waals surface area contributed by atoms with Gasteiger partial charge in [0, 0.05) is 6.04 Å². The highest BCUT2D eigenvalue weighted by Gasteiger charge is 2.33. The molecule has 5 nitrogen and oxygen atoms in total. The van der Waals surface area contributed by atoms with Crippen LogP contribution >= 0.6 is 0 Å². The smallest absolute Gasteiger partial charge is 0.329 e. The molecule has 0 spiro atoms. The molecule has 1 aliphatic carbocycles. The van der Waals surface area contributed by atoms with E-state index in [0.717, 1.165) is 12.8 Å². The highest BCUT2D eigenvalue weighted by atomic mass is 16.4. The Balaban J connectivity index is 2.46. The number of nitrogens with one attached hydrogen (secondary N) is 2. The Morgan fingerprint density at radius 3 is 2.44 bits per heavy atom. The van der Waals surface area contributed by atoms with E-state index < -0.39 is 17.5 Å². The van der Waals surface area contributed by atoms with Gasteiger partial charge >= 0.3 is 12.0 Å². The lowest BCUT2D eigenvalue weighted by Gasteiger charge is -2.25. The molecule has 0 aromatic rings. The molecule has 0 heterocycles. The van der Waals surface area contributed by atoms with E-state index in [1.807, 2.05) is 12.2 Å². The molecule has 90 valence electrons. The summed E-state index contributed by atoms with van der Waals surface area (Å²) in [7, 11) is 0. The Kier molecular flexibility index (Phi) is 3.93. The third kappa shape index (κ3) is 2.98. The first-order valence-electron chi connectivity index (χ1n) is 5.45. The van der Waals surface area contributed by atoms with Crippen LogP contribution in [-0.4, -0.2) is 28.7 Å². The molecule has 0 bridgehead atoms. The van der Waals surface area contributed by atoms with Crippen molar-refractivity contribution in [2.75, 3.05) is 0 Å². The molecule has 1 rings (SSSR count). The lowest BCUT2D eigenvalue weighted by atomic mass is 10.00. The molecule has 0 aromatic carbocycles. The minimum absolute atomic E-state index is 0.0925. The van der Waals surface area contributed by atoms with E-state index in [0.29, 0.717) is 6.42 Å². The van der Waals surface area contributed by atoms with Crippen LogP contribution in [0.5, 0.6) is 0 Å². The molecular weight excluding hydrogens is 208 g/mol. The zero-order valence-electron chi connectivity index (χ0n) is 9.62. The Labute approximate surface area is 94.9 Å². The summed E-state index contributed by atoms with van der Waals surface area (Å²) in [6.45, 7) is 3.23. The standard InChI is InChI=1S/C11H18N2O3/c1-3-11(2,9(14)15)13-10(16)12-8-6-4-5-7-8/h4-5,8H,3,6-7H2,1-2H3,(H,14,15)(H2,12,13,16). The Hall–Kier alpha value is -1.52. The van der Waals surface area contributed by atoms with Crippen LogP contribution in [-0.2, 0) is 4.79 Å². The molecule has 0 aliphatic heterocycles. The summed E-state index contributed by atoms with van der Waals surface area (Å²) in [5.74, 6) is -1.02. The van der Waals surface area contributed by atoms with E-state index >= 15 is 0 Å². The van der Waals surface area contributed by atoms with Crippen molar-refractivity contribution in [3.63, 3.8) is 0 Å². The van der Waals surface area contributed by atoms with Gasteiger partial charge in [-0.15, -0.1) is 0 Å². The van der Waals surface area contributed by atoms with Crippen LogP contribution in [0.2, 0.25) is 0 Å². The molecule has 1 aliphatic rings. The average Bonchev–Trinajstić information content (AvgIpc) is 2.69. The monoisotopic (exact) mass is 226 g/mol. The fourth-order valence-corrected chi connectivity index (χ4v) is 1.50. The van der Waals surface area contributed by atoms with Gasteiger partial charge in [0.1, 0.15) is 5.54 Å². The fraction of sp³-hybridized carbons (Fsp3) is 0.636. The summed E-state index contributed by atoms with van der Waals surface area (Å²) in [5.41, 5.74) is -1.20. The average molecular weight is 226 g/mol. The maximum Gasteiger partial charge on any atom is 0.329 e. The molecule has 1 unspecified atom stereocenters. The lowest BCUT2D eigenvalue weighted by molar-refractivity contribution is -0.143. The number of hydrogen-bond donors (Lipinski definition) is 3. The maximum absolute atomic E-state index is 11.6. The number of carboxylic acid groups (broad SMARTS) is 1. The van der Waals surface area contributed by atoms with Crippen LogP contribution in [0.4, 0.5) is 4.79 Å². The number of hydrogen-bond acceptors (Lipinski definition) is 2. The number of carbonyl (C=O) groups is 2. The van der Waals surface area contributed by atoms with Gasteiger partial charge in [-0.3, -0.25) is 0 Å². The van der Waals surface area contributed by atoms with E-state index in [-0.39, 0.29) is 6.04 Å². The normalized spacial score (nSPS) is 19.1. The Morgan fingerprint density at radius 2 is 2.00 bits per heavy atom. The minimum atomic E-state index is -1.20. The molecule has 2 amide bonds. The lowest BCUT2D eigenvalue weighted by Crippen LogP contribution is -2.56. The van der Waals surface area contributed by atoms with Gasteiger partial charge in [0.15, 0.2) is 0 Å². The van der Waals surface area contributed by atoms with Crippen LogP contribution in [0.3, 0.4) is 0 Å². The first-order valence-corrected chi connectivity index (χ1v) is 5.45. The van der Waals surface area contributed by atoms with Crippen molar-refractivity contribution < 1.29 is 14.7 Å². The predicted octanol–water partition coefficient (Wildman–Crippen LogP) is 1.26. The topological polar surface area (TPSA) is 78.4 Å². The highest BCUT2D eigenvalue weighted by molar-refractivity contribution is 5.85. The molecule has 3 N–H and O–H groups in total. The molecule has 1 atom stereocenters. The third-order valence-electron chi connectivity index (χ3n) is 2.91. The molecule has 0 radical (unpaired) electrons. The molecule has 0 saturated heterocycles. The highest BCUT2D eigenvalue weighted by Crippen LogP contribution is 2.11. The van der Waals surface area contributed by atoms with Crippen molar-refractivity contribution in [3.8, 4) is 0 Å². The number of carbonyl (C=O) groups excluding carboxylic acids is 1. The van der Waals surface area contributed by atoms with Crippen molar-refractivity contribution in [2.45, 2.75) is 44.7 Å². The van der Waals surface area contributed by atoms with Crippen molar-refractivity contribution in [1.82, 2.24) is 10.6 Å². The number of amides is 2. The van der Waals surface area contributed by atoms with Crippen LogP contribution in [0, 0.1) is 0 Å². The van der Waals surface area contributed by atoms with E-state index in [1.165, 1.54) is 6.92 Å². The second kappa shape index (κ2) is 5.01. The quantitative estimate of drug-likeness (QED) is 0.631. The molecular formula is C11H18N2O3. The first-order chi connectivity index (χ1) is 7.48. The summed E-state index contributed by atoms with van der Waals surface area (Å²) >= 11 is 0. The van der Waals surface area contributed by atoms with Crippen molar-refractivity contribution in [3.05, 3.63) is 12.2 Å². The van der Waals surface area contributed by atoms with Gasteiger partial charge in [0.25, 0.3) is 0 Å². The summed E-state index contributed by atoms with van der Waals surface area (Å²) in [5, 5.41) is 14.2. The summed E-state index contributed by atoms with van der Waals surface area (Å²) in [6.07, 6.45) is 5.97. The third-order valence-corrected chi connectivity index (χ3v) is 2.91. The largest absolute Gasteiger partial charge is 0.480 e. The molecule has 16 heavy (non-hydrogen) atoms. The minimum Gasteiger partial charge on any atom is -0.480 e. The molecule has 0 fully saturated rings. The van der Waals surface area contributed by atoms with E-state index in [2.05, 4.69) is 10.6 Å². The van der Waals surface area contributed by atoms with Gasteiger partial charge in [-0.1, -0.05) is 19.1 Å². The number of aliphatic carboxylic acids is 1. The van der Waals surface area contributed by atoms with E-state index in [4.69, 9.17) is 5.11 Å². The second-order valence-electron chi connectivity index (χ2n) is 4.23. The van der Waals surface area contributed by atoms with Crippen LogP contribution < -0.4 is 10.6 Å². The predicted molar refractivity (Wildman–Crippen MR) is 60.2 cm³/mol. The molecule has 0 saturated carbocycles. The number of carboxylic acids is 1. The van der Waals surface area contributed by atoms with Gasteiger partial charge < -0.3 is 15.7 Å². The number of urea groups is 1. The fourth-order valence-electron chi connectivity index (χ4n) is 1.50. The Morgan fingerprint density at radius 1 is 1.44 bits per heavy atom. The van der Waals surface area contributed by atoms with Gasteiger partial charge in [0.05, 0.1) is 0 Å². The van der Waals surface area contributed by atoms with Crippen molar-refractivity contribution in [2.24, 2.45) is 0 Å². The van der Waals surface area contributed by atoms with Crippen molar-refractivity contribution >= 4 is 12.0 Å². The molecule has 0 aromatic heterocycles. The molecule has 5 heteroatoms. The zero-order chi connectivity index (χ0) is 12.2. The van der Waals surface area contributed by atoms with Gasteiger partial charge in [-0.25, -0.2) is 9.59 Å². The van der Waals surface area contributed by atoms with E-state index in [1.54, 1.807) is 6.92 Å². The SMILES string of the molecule is CCC(C)(NC(=O)NC1CC=CC1)C(=O)O. The van der Waals surface area contributed by atoms with Crippen molar-refractivity contribution in [1.29, 1.82) is 0 Å². The van der Waals surface area contributed by atoms with E-state index in [9.17, 15) is 9.59 Å². The Bertz CT molecular complexity index is 306. The summed E-state index contributed by atoms with van der Waals surface area (Å²) in [4.78, 5) is 22.5. The van der Waals surface area contributed by atoms with Crippen LogP contribution in [0.1, 0.15) is 33.1 Å². The summed E-state index contributed by atoms with van der Waals surface area (Å²) in [6, 6.07) is -0.324. The van der Waals surface area contributed by atoms with Gasteiger partial charge in [-0.05, 0) is 26.2 Å². The first kappa shape index (κ1) is 12.5. The van der Waals surface area contributed by atoms with Crippen LogP contribution in [0.25, 0.3) is 0 Å². The zero-order valence-corrected chi connectivity index (χ0v) is 9.62. The van der Waals surface area contributed by atoms with Crippen LogP contribution in [0.15, 0.2) is 12.2 Å². The second-order valence-corrected chi connectivity index (χ2v) is 4.23. The number of rotatable bonds is 4.